The summed E-state index contributed by atoms with van der Waals surface area (Å²) >= 11 is 0. The van der Waals surface area contributed by atoms with Gasteiger partial charge in [0, 0.05) is 13.0 Å². The first-order chi connectivity index (χ1) is 16.8. The molecule has 35 heavy (non-hydrogen) atoms. The van der Waals surface area contributed by atoms with Crippen LogP contribution >= 0.6 is 0 Å². The molecule has 3 aromatic rings. The molecule has 1 aliphatic rings. The van der Waals surface area contributed by atoms with Crippen molar-refractivity contribution in [3.05, 3.63) is 77.1 Å². The first kappa shape index (κ1) is 24.0. The molecule has 2 unspecified atom stereocenters. The second-order valence-electron chi connectivity index (χ2n) is 8.34. The number of aryl methyl sites for hydroxylation is 1. The van der Waals surface area contributed by atoms with E-state index in [1.165, 1.54) is 17.8 Å². The molecular formula is C25H26N4O6. The number of carboxylic acid groups (broad SMARTS) is 1. The van der Waals surface area contributed by atoms with Gasteiger partial charge in [-0.05, 0) is 29.2 Å². The first-order valence-corrected chi connectivity index (χ1v) is 11.1. The number of hydrogen-bond donors (Lipinski definition) is 4. The van der Waals surface area contributed by atoms with Gasteiger partial charge >= 0.3 is 12.1 Å². The minimum atomic E-state index is -1.48. The van der Waals surface area contributed by atoms with Gasteiger partial charge in [0.1, 0.15) is 6.61 Å². The molecule has 182 valence electrons. The summed E-state index contributed by atoms with van der Waals surface area (Å²) in [7, 11) is 1.59. The molecular weight excluding hydrogens is 452 g/mol. The standard InChI is InChI=1S/C25H26N4O6/c1-14(30)22(24(32)33)28-23(31)19-11-27-29(2)21(19)12-26-25(34)35-13-20-17-9-5-3-7-15(17)16-8-4-6-10-18(16)20/h3-11,14,20,22,30H,12-13H2,1-2H3,(H,26,34)(H,28,31)(H,32,33). The summed E-state index contributed by atoms with van der Waals surface area (Å²) in [5, 5.41) is 27.7. The Morgan fingerprint density at radius 1 is 1.09 bits per heavy atom. The molecule has 0 spiro atoms. The Labute approximate surface area is 201 Å². The topological polar surface area (TPSA) is 143 Å². The monoisotopic (exact) mass is 478 g/mol. The molecule has 10 heteroatoms. The highest BCUT2D eigenvalue weighted by atomic mass is 16.5. The van der Waals surface area contributed by atoms with Crippen LogP contribution in [0.25, 0.3) is 11.1 Å². The number of nitrogens with zero attached hydrogens (tertiary/aromatic N) is 2. The second-order valence-corrected chi connectivity index (χ2v) is 8.34. The van der Waals surface area contributed by atoms with Crippen LogP contribution in [0.15, 0.2) is 54.7 Å². The van der Waals surface area contributed by atoms with E-state index in [4.69, 9.17) is 4.74 Å². The summed E-state index contributed by atoms with van der Waals surface area (Å²) in [6.07, 6.45) is -0.687. The van der Waals surface area contributed by atoms with Crippen molar-refractivity contribution in [1.29, 1.82) is 0 Å². The first-order valence-electron chi connectivity index (χ1n) is 11.1. The predicted molar refractivity (Wildman–Crippen MR) is 126 cm³/mol. The minimum absolute atomic E-state index is 0.0671. The number of aromatic nitrogens is 2. The van der Waals surface area contributed by atoms with Crippen molar-refractivity contribution in [3.8, 4) is 11.1 Å². The van der Waals surface area contributed by atoms with Crippen molar-refractivity contribution >= 4 is 18.0 Å². The largest absolute Gasteiger partial charge is 0.480 e. The molecule has 4 N–H and O–H groups in total. The molecule has 2 amide bonds. The van der Waals surface area contributed by atoms with Crippen molar-refractivity contribution in [1.82, 2.24) is 20.4 Å². The third-order valence-electron chi connectivity index (χ3n) is 6.09. The fourth-order valence-corrected chi connectivity index (χ4v) is 4.28. The number of nitrogens with one attached hydrogen (secondary N) is 2. The molecule has 0 fully saturated rings. The van der Waals surface area contributed by atoms with Crippen LogP contribution in [0.2, 0.25) is 0 Å². The normalized spacial score (nSPS) is 13.9. The van der Waals surface area contributed by atoms with Crippen molar-refractivity contribution in [2.24, 2.45) is 7.05 Å². The summed E-state index contributed by atoms with van der Waals surface area (Å²) < 4.78 is 6.91. The van der Waals surface area contributed by atoms with Gasteiger partial charge in [0.25, 0.3) is 5.91 Å². The van der Waals surface area contributed by atoms with E-state index in [2.05, 4.69) is 27.9 Å². The summed E-state index contributed by atoms with van der Waals surface area (Å²) in [4.78, 5) is 36.4. The van der Waals surface area contributed by atoms with E-state index < -0.39 is 30.1 Å². The van der Waals surface area contributed by atoms with Crippen LogP contribution in [0.1, 0.15) is 40.0 Å². The molecule has 0 radical (unpaired) electrons. The fourth-order valence-electron chi connectivity index (χ4n) is 4.28. The third kappa shape index (κ3) is 4.87. The molecule has 0 aliphatic heterocycles. The van der Waals surface area contributed by atoms with Crippen molar-refractivity contribution in [2.75, 3.05) is 6.61 Å². The van der Waals surface area contributed by atoms with Gasteiger partial charge in [-0.3, -0.25) is 9.48 Å². The maximum absolute atomic E-state index is 12.6. The molecule has 10 nitrogen and oxygen atoms in total. The van der Waals surface area contributed by atoms with Gasteiger partial charge in [-0.2, -0.15) is 5.10 Å². The minimum Gasteiger partial charge on any atom is -0.480 e. The predicted octanol–water partition coefficient (Wildman–Crippen LogP) is 2.02. The second kappa shape index (κ2) is 9.98. The van der Waals surface area contributed by atoms with Crippen LogP contribution in [-0.4, -0.2) is 56.7 Å². The van der Waals surface area contributed by atoms with Crippen LogP contribution in [0.3, 0.4) is 0 Å². The van der Waals surface area contributed by atoms with Gasteiger partial charge in [-0.25, -0.2) is 9.59 Å². The molecule has 2 aromatic carbocycles. The van der Waals surface area contributed by atoms with Gasteiger partial charge in [0.2, 0.25) is 0 Å². The van der Waals surface area contributed by atoms with Crippen molar-refractivity contribution in [2.45, 2.75) is 31.5 Å². The number of aliphatic carboxylic acids is 1. The molecule has 0 saturated carbocycles. The van der Waals surface area contributed by atoms with Crippen LogP contribution in [0.4, 0.5) is 4.79 Å². The fraction of sp³-hybridized carbons (Fsp3) is 0.280. The summed E-state index contributed by atoms with van der Waals surface area (Å²) in [5.41, 5.74) is 4.87. The number of aliphatic hydroxyl groups excluding tert-OH is 1. The molecule has 2 atom stereocenters. The lowest BCUT2D eigenvalue weighted by atomic mass is 9.98. The third-order valence-corrected chi connectivity index (χ3v) is 6.09. The van der Waals surface area contributed by atoms with Gasteiger partial charge in [0.15, 0.2) is 6.04 Å². The maximum atomic E-state index is 12.6. The van der Waals surface area contributed by atoms with Crippen molar-refractivity contribution in [3.63, 3.8) is 0 Å². The highest BCUT2D eigenvalue weighted by Crippen LogP contribution is 2.44. The number of benzene rings is 2. The van der Waals surface area contributed by atoms with E-state index in [9.17, 15) is 24.6 Å². The summed E-state index contributed by atoms with van der Waals surface area (Å²) in [6, 6.07) is 14.5. The number of hydrogen-bond acceptors (Lipinski definition) is 6. The number of fused-ring (bicyclic) bond motifs is 3. The average molecular weight is 479 g/mol. The van der Waals surface area contributed by atoms with Gasteiger partial charge in [-0.1, -0.05) is 48.5 Å². The Bertz CT molecular complexity index is 1220. The lowest BCUT2D eigenvalue weighted by molar-refractivity contribution is -0.141. The Balaban J connectivity index is 1.39. The number of alkyl carbamates (subject to hydrolysis) is 1. The van der Waals surface area contributed by atoms with E-state index in [1.807, 2.05) is 36.4 Å². The zero-order chi connectivity index (χ0) is 25.1. The van der Waals surface area contributed by atoms with E-state index in [-0.39, 0.29) is 24.6 Å². The van der Waals surface area contributed by atoms with Crippen LogP contribution in [0.5, 0.6) is 0 Å². The highest BCUT2D eigenvalue weighted by molar-refractivity contribution is 5.97. The van der Waals surface area contributed by atoms with Crippen LogP contribution in [0, 0.1) is 0 Å². The Morgan fingerprint density at radius 2 is 1.69 bits per heavy atom. The number of carbonyl (C=O) groups is 3. The quantitative estimate of drug-likeness (QED) is 0.388. The number of aliphatic hydroxyl groups is 1. The van der Waals surface area contributed by atoms with E-state index in [1.54, 1.807) is 7.05 Å². The van der Waals surface area contributed by atoms with Gasteiger partial charge in [-0.15, -0.1) is 0 Å². The van der Waals surface area contributed by atoms with Gasteiger partial charge in [0.05, 0.1) is 30.1 Å². The molecule has 0 saturated heterocycles. The van der Waals surface area contributed by atoms with Gasteiger partial charge < -0.3 is 25.6 Å². The highest BCUT2D eigenvalue weighted by Gasteiger charge is 2.30. The zero-order valence-corrected chi connectivity index (χ0v) is 19.3. The SMILES string of the molecule is CC(O)C(NC(=O)c1cnn(C)c1CNC(=O)OCC1c2ccccc2-c2ccccc21)C(=O)O. The average Bonchev–Trinajstić information content (AvgIpc) is 3.37. The Morgan fingerprint density at radius 3 is 2.26 bits per heavy atom. The molecule has 1 heterocycles. The summed E-state index contributed by atoms with van der Waals surface area (Å²) in [6.45, 7) is 1.34. The Hall–Kier alpha value is -4.18. The Kier molecular flexibility index (Phi) is 6.83. The maximum Gasteiger partial charge on any atom is 0.407 e. The van der Waals surface area contributed by atoms with E-state index >= 15 is 0 Å². The smallest absolute Gasteiger partial charge is 0.407 e. The number of amides is 2. The molecule has 1 aliphatic carbocycles. The molecule has 4 rings (SSSR count). The summed E-state index contributed by atoms with van der Waals surface area (Å²) in [5.74, 6) is -2.18. The van der Waals surface area contributed by atoms with E-state index in [0.29, 0.717) is 5.69 Å². The van der Waals surface area contributed by atoms with Crippen LogP contribution in [-0.2, 0) is 23.1 Å². The van der Waals surface area contributed by atoms with Crippen LogP contribution < -0.4 is 10.6 Å². The number of ether oxygens (including phenoxy) is 1. The number of carboxylic acids is 1. The lowest BCUT2D eigenvalue weighted by Gasteiger charge is -2.17. The molecule has 0 bridgehead atoms. The van der Waals surface area contributed by atoms with Crippen molar-refractivity contribution < 1.29 is 29.3 Å². The molecule has 1 aromatic heterocycles. The number of rotatable bonds is 8. The van der Waals surface area contributed by atoms with E-state index in [0.717, 1.165) is 22.3 Å². The lowest BCUT2D eigenvalue weighted by Crippen LogP contribution is -2.47. The zero-order valence-electron chi connectivity index (χ0n) is 19.3. The number of carbonyl (C=O) groups excluding carboxylic acids is 2.